The fraction of sp³-hybridized carbons (Fsp3) is 0.333. The van der Waals surface area contributed by atoms with Gasteiger partial charge in [-0.2, -0.15) is 0 Å². The number of amides is 3. The number of aromatic nitrogens is 1. The molecule has 0 radical (unpaired) electrons. The second-order valence-corrected chi connectivity index (χ2v) is 9.60. The maximum Gasteiger partial charge on any atom is 0.255 e. The van der Waals surface area contributed by atoms with Crippen molar-refractivity contribution < 1.29 is 18.8 Å². The minimum Gasteiger partial charge on any atom is -0.369 e. The maximum atomic E-state index is 14.6. The number of nitrogens with zero attached hydrogens (tertiary/aromatic N) is 4. The van der Waals surface area contributed by atoms with Crippen molar-refractivity contribution in [2.75, 3.05) is 31.1 Å². The van der Waals surface area contributed by atoms with Gasteiger partial charge in [-0.15, -0.1) is 0 Å². The summed E-state index contributed by atoms with van der Waals surface area (Å²) in [7, 11) is 0. The quantitative estimate of drug-likeness (QED) is 0.569. The Kier molecular flexibility index (Phi) is 5.64. The highest BCUT2D eigenvalue weighted by molar-refractivity contribution is 6.06. The van der Waals surface area contributed by atoms with Gasteiger partial charge in [0.15, 0.2) is 0 Å². The Morgan fingerprint density at radius 3 is 2.64 bits per heavy atom. The van der Waals surface area contributed by atoms with Crippen molar-refractivity contribution in [2.45, 2.75) is 32.0 Å². The second kappa shape index (κ2) is 8.98. The zero-order valence-corrected chi connectivity index (χ0v) is 19.7. The Morgan fingerprint density at radius 1 is 1.03 bits per heavy atom. The van der Waals surface area contributed by atoms with E-state index in [1.54, 1.807) is 0 Å². The summed E-state index contributed by atoms with van der Waals surface area (Å²) in [6.45, 7) is 4.04. The number of piperidine rings is 1. The number of piperazine rings is 1. The lowest BCUT2D eigenvalue weighted by Gasteiger charge is -2.37. The molecule has 3 aliphatic heterocycles. The van der Waals surface area contributed by atoms with E-state index >= 15 is 0 Å². The number of hydrogen-bond acceptors (Lipinski definition) is 6. The first-order chi connectivity index (χ1) is 17.5. The molecule has 8 nitrogen and oxygen atoms in total. The predicted molar refractivity (Wildman–Crippen MR) is 132 cm³/mol. The molecule has 9 heteroatoms. The number of carbonyl (C=O) groups excluding carboxylic acids is 3. The van der Waals surface area contributed by atoms with Gasteiger partial charge in [-0.1, -0.05) is 18.2 Å². The van der Waals surface area contributed by atoms with E-state index in [1.807, 2.05) is 24.4 Å². The molecule has 0 spiro atoms. The fourth-order valence-corrected chi connectivity index (χ4v) is 5.57. The van der Waals surface area contributed by atoms with Crippen LogP contribution in [0.1, 0.15) is 34.3 Å². The number of anilines is 1. The molecule has 1 atom stereocenters. The highest BCUT2D eigenvalue weighted by Gasteiger charge is 2.41. The van der Waals surface area contributed by atoms with Crippen LogP contribution in [-0.4, -0.2) is 64.7 Å². The molecule has 0 aliphatic carbocycles. The summed E-state index contributed by atoms with van der Waals surface area (Å²) in [6, 6.07) is 12.2. The molecule has 184 valence electrons. The Bertz CT molecular complexity index is 1380. The van der Waals surface area contributed by atoms with Gasteiger partial charge in [0.25, 0.3) is 5.91 Å². The lowest BCUT2D eigenvalue weighted by molar-refractivity contribution is -0.136. The van der Waals surface area contributed by atoms with Gasteiger partial charge in [0.05, 0.1) is 5.52 Å². The molecule has 3 amide bonds. The van der Waals surface area contributed by atoms with Gasteiger partial charge < -0.3 is 9.80 Å². The SMILES string of the molecule is O=C1CCC(N2Cc3c(cc(F)cc3N3CCN(Cc4ccnc5ccccc45)CC3)C2=O)C(=O)N1. The Labute approximate surface area is 207 Å². The molecular formula is C27H26FN5O3. The van der Waals surface area contributed by atoms with Crippen molar-refractivity contribution in [2.24, 2.45) is 0 Å². The lowest BCUT2D eigenvalue weighted by Crippen LogP contribution is -2.52. The van der Waals surface area contributed by atoms with Crippen molar-refractivity contribution in [3.63, 3.8) is 0 Å². The van der Waals surface area contributed by atoms with Crippen LogP contribution in [0.25, 0.3) is 10.9 Å². The Morgan fingerprint density at radius 2 is 1.83 bits per heavy atom. The first-order valence-electron chi connectivity index (χ1n) is 12.2. The summed E-state index contributed by atoms with van der Waals surface area (Å²) in [6.07, 6.45) is 2.31. The third-order valence-corrected chi connectivity index (χ3v) is 7.44. The number of para-hydroxylation sites is 1. The fourth-order valence-electron chi connectivity index (χ4n) is 5.57. The van der Waals surface area contributed by atoms with E-state index in [-0.39, 0.29) is 31.2 Å². The third-order valence-electron chi connectivity index (χ3n) is 7.44. The number of pyridine rings is 1. The van der Waals surface area contributed by atoms with Crippen LogP contribution in [-0.2, 0) is 22.7 Å². The highest BCUT2D eigenvalue weighted by atomic mass is 19.1. The maximum absolute atomic E-state index is 14.6. The Hall–Kier alpha value is -3.85. The number of hydrogen-bond donors (Lipinski definition) is 1. The molecule has 2 saturated heterocycles. The molecule has 3 aliphatic rings. The summed E-state index contributed by atoms with van der Waals surface area (Å²) >= 11 is 0. The van der Waals surface area contributed by atoms with Gasteiger partial charge in [-0.3, -0.25) is 29.6 Å². The number of halogens is 1. The number of carbonyl (C=O) groups is 3. The van der Waals surface area contributed by atoms with Crippen LogP contribution in [0.4, 0.5) is 10.1 Å². The average Bonchev–Trinajstić information content (AvgIpc) is 3.20. The number of rotatable bonds is 4. The third kappa shape index (κ3) is 3.99. The molecule has 4 heterocycles. The van der Waals surface area contributed by atoms with Crippen molar-refractivity contribution >= 4 is 34.3 Å². The van der Waals surface area contributed by atoms with E-state index in [9.17, 15) is 18.8 Å². The highest BCUT2D eigenvalue weighted by Crippen LogP contribution is 2.35. The van der Waals surface area contributed by atoms with Crippen LogP contribution in [0, 0.1) is 5.82 Å². The zero-order chi connectivity index (χ0) is 24.8. The molecule has 2 aromatic carbocycles. The molecule has 1 N–H and O–H groups in total. The van der Waals surface area contributed by atoms with Crippen LogP contribution >= 0.6 is 0 Å². The van der Waals surface area contributed by atoms with E-state index in [0.29, 0.717) is 24.3 Å². The largest absolute Gasteiger partial charge is 0.369 e. The number of imide groups is 1. The van der Waals surface area contributed by atoms with E-state index in [2.05, 4.69) is 32.2 Å². The lowest BCUT2D eigenvalue weighted by atomic mass is 10.0. The molecular weight excluding hydrogens is 461 g/mol. The second-order valence-electron chi connectivity index (χ2n) is 9.60. The molecule has 1 unspecified atom stereocenters. The smallest absolute Gasteiger partial charge is 0.255 e. The van der Waals surface area contributed by atoms with Gasteiger partial charge in [0, 0.05) is 74.1 Å². The van der Waals surface area contributed by atoms with Crippen molar-refractivity contribution in [1.82, 2.24) is 20.1 Å². The van der Waals surface area contributed by atoms with Gasteiger partial charge in [-0.25, -0.2) is 4.39 Å². The van der Waals surface area contributed by atoms with Crippen molar-refractivity contribution in [3.8, 4) is 0 Å². The normalized spacial score (nSPS) is 20.7. The molecule has 6 rings (SSSR count). The average molecular weight is 488 g/mol. The minimum absolute atomic E-state index is 0.187. The number of fused-ring (bicyclic) bond motifs is 2. The zero-order valence-electron chi connectivity index (χ0n) is 19.7. The molecule has 0 bridgehead atoms. The van der Waals surface area contributed by atoms with E-state index in [0.717, 1.165) is 36.1 Å². The summed E-state index contributed by atoms with van der Waals surface area (Å²) < 4.78 is 14.6. The first kappa shape index (κ1) is 22.6. The summed E-state index contributed by atoms with van der Waals surface area (Å²) in [5.41, 5.74) is 3.97. The topological polar surface area (TPSA) is 85.9 Å². The van der Waals surface area contributed by atoms with Gasteiger partial charge in [0.2, 0.25) is 11.8 Å². The van der Waals surface area contributed by atoms with E-state index in [1.165, 1.54) is 22.6 Å². The standard InChI is InChI=1S/C27H26FN5O3/c28-18-13-20-21(16-33(27(20)36)23-5-6-25(34)30-26(23)35)24(14-18)32-11-9-31(10-12-32)15-17-7-8-29-22-4-2-1-3-19(17)22/h1-4,7-8,13-14,23H,5-6,9-12,15-16H2,(H,30,34,35). The van der Waals surface area contributed by atoms with Crippen LogP contribution in [0.15, 0.2) is 48.7 Å². The van der Waals surface area contributed by atoms with Crippen molar-refractivity contribution in [3.05, 3.63) is 71.2 Å². The van der Waals surface area contributed by atoms with Crippen LogP contribution in [0.5, 0.6) is 0 Å². The van der Waals surface area contributed by atoms with E-state index < -0.39 is 17.8 Å². The monoisotopic (exact) mass is 487 g/mol. The number of benzene rings is 2. The minimum atomic E-state index is -0.717. The molecule has 3 aromatic rings. The van der Waals surface area contributed by atoms with E-state index in [4.69, 9.17) is 0 Å². The molecule has 36 heavy (non-hydrogen) atoms. The van der Waals surface area contributed by atoms with Crippen LogP contribution in [0.2, 0.25) is 0 Å². The van der Waals surface area contributed by atoms with Gasteiger partial charge in [0.1, 0.15) is 11.9 Å². The van der Waals surface area contributed by atoms with Gasteiger partial charge in [-0.05, 0) is 36.2 Å². The summed E-state index contributed by atoms with van der Waals surface area (Å²) in [5, 5.41) is 3.46. The van der Waals surface area contributed by atoms with Crippen molar-refractivity contribution in [1.29, 1.82) is 0 Å². The predicted octanol–water partition coefficient (Wildman–Crippen LogP) is 2.46. The molecule has 2 fully saturated rings. The summed E-state index contributed by atoms with van der Waals surface area (Å²) in [4.78, 5) is 47.5. The van der Waals surface area contributed by atoms with Crippen LogP contribution in [0.3, 0.4) is 0 Å². The Balaban J connectivity index is 1.19. The number of nitrogens with one attached hydrogen (secondary N) is 1. The first-order valence-corrected chi connectivity index (χ1v) is 12.2. The molecule has 1 aromatic heterocycles. The molecule has 0 saturated carbocycles. The van der Waals surface area contributed by atoms with Gasteiger partial charge >= 0.3 is 0 Å². The summed E-state index contributed by atoms with van der Waals surface area (Å²) in [5.74, 6) is -1.62. The van der Waals surface area contributed by atoms with Crippen LogP contribution < -0.4 is 10.2 Å².